The lowest BCUT2D eigenvalue weighted by Gasteiger charge is -2.12. The lowest BCUT2D eigenvalue weighted by atomic mass is 9.97. The van der Waals surface area contributed by atoms with Gasteiger partial charge in [0.15, 0.2) is 0 Å². The number of pyridine rings is 1. The molecule has 0 bridgehead atoms. The Bertz CT molecular complexity index is 1150. The van der Waals surface area contributed by atoms with Gasteiger partial charge in [0.25, 0.3) is 0 Å². The van der Waals surface area contributed by atoms with Crippen molar-refractivity contribution >= 4 is 67.4 Å². The molecule has 2 heterocycles. The van der Waals surface area contributed by atoms with Crippen molar-refractivity contribution < 1.29 is 4.74 Å². The maximum Gasteiger partial charge on any atom is 0.107 e. The molecule has 3 aromatic carbocycles. The summed E-state index contributed by atoms with van der Waals surface area (Å²) < 4.78 is 5.59. The average molecular weight is 375 g/mol. The zero-order chi connectivity index (χ0) is 16.4. The van der Waals surface area contributed by atoms with Gasteiger partial charge in [-0.2, -0.15) is 0 Å². The van der Waals surface area contributed by atoms with Crippen LogP contribution in [-0.2, 0) is 4.74 Å². The molecule has 5 rings (SSSR count). The lowest BCUT2D eigenvalue weighted by Crippen LogP contribution is -1.94. The topological polar surface area (TPSA) is 25.4 Å². The van der Waals surface area contributed by atoms with Crippen LogP contribution in [0.3, 0.4) is 0 Å². The summed E-state index contributed by atoms with van der Waals surface area (Å²) >= 11 is 18.8. The second-order valence-corrected chi connectivity index (χ2v) is 7.24. The molecule has 1 unspecified atom stereocenters. The van der Waals surface area contributed by atoms with Gasteiger partial charge in [-0.15, -0.1) is 0 Å². The third kappa shape index (κ3) is 2.18. The number of benzene rings is 3. The first-order valence-electron chi connectivity index (χ1n) is 7.54. The number of hydrogen-bond acceptors (Lipinski definition) is 2. The van der Waals surface area contributed by atoms with E-state index in [9.17, 15) is 0 Å². The Kier molecular flexibility index (Phi) is 3.20. The quantitative estimate of drug-likeness (QED) is 0.214. The van der Waals surface area contributed by atoms with Gasteiger partial charge in [-0.1, -0.05) is 53.0 Å². The highest BCUT2D eigenvalue weighted by Crippen LogP contribution is 2.43. The SMILES string of the molecule is Clc1ccc2c(ccc3c(C4CO4)c4cc(Cl)cc(Cl)c4nc32)c1. The number of rotatable bonds is 1. The van der Waals surface area contributed by atoms with E-state index in [0.717, 1.165) is 38.1 Å². The van der Waals surface area contributed by atoms with Crippen molar-refractivity contribution in [2.45, 2.75) is 6.10 Å². The highest BCUT2D eigenvalue weighted by molar-refractivity contribution is 6.39. The van der Waals surface area contributed by atoms with Crippen LogP contribution in [0.2, 0.25) is 15.1 Å². The van der Waals surface area contributed by atoms with Gasteiger partial charge in [0, 0.05) is 31.8 Å². The van der Waals surface area contributed by atoms with Gasteiger partial charge in [0.05, 0.1) is 22.7 Å². The summed E-state index contributed by atoms with van der Waals surface area (Å²) in [4.78, 5) is 4.86. The molecule has 0 saturated carbocycles. The van der Waals surface area contributed by atoms with Crippen molar-refractivity contribution in [2.75, 3.05) is 6.61 Å². The first-order chi connectivity index (χ1) is 11.6. The van der Waals surface area contributed by atoms with Crippen LogP contribution in [0.25, 0.3) is 32.6 Å². The van der Waals surface area contributed by atoms with Crippen molar-refractivity contribution in [1.82, 2.24) is 4.98 Å². The van der Waals surface area contributed by atoms with E-state index in [4.69, 9.17) is 44.5 Å². The van der Waals surface area contributed by atoms with Crippen molar-refractivity contribution in [3.05, 3.63) is 63.1 Å². The van der Waals surface area contributed by atoms with Crippen LogP contribution in [0.5, 0.6) is 0 Å². The minimum Gasteiger partial charge on any atom is -0.368 e. The Balaban J connectivity index is 2.03. The molecule has 4 aromatic rings. The molecule has 1 aromatic heterocycles. The minimum absolute atomic E-state index is 0.0669. The highest BCUT2D eigenvalue weighted by atomic mass is 35.5. The van der Waals surface area contributed by atoms with Gasteiger partial charge in [-0.05, 0) is 29.7 Å². The number of aromatic nitrogens is 1. The van der Waals surface area contributed by atoms with Crippen molar-refractivity contribution in [1.29, 1.82) is 0 Å². The molecule has 1 saturated heterocycles. The van der Waals surface area contributed by atoms with E-state index >= 15 is 0 Å². The van der Waals surface area contributed by atoms with Crippen LogP contribution < -0.4 is 0 Å². The summed E-state index contributed by atoms with van der Waals surface area (Å²) in [5.74, 6) is 0. The summed E-state index contributed by atoms with van der Waals surface area (Å²) in [6, 6.07) is 13.6. The van der Waals surface area contributed by atoms with E-state index in [1.54, 1.807) is 6.07 Å². The number of ether oxygens (including phenoxy) is 1. The van der Waals surface area contributed by atoms with Crippen molar-refractivity contribution in [3.63, 3.8) is 0 Å². The first-order valence-corrected chi connectivity index (χ1v) is 8.67. The summed E-state index contributed by atoms with van der Waals surface area (Å²) in [6.45, 7) is 0.705. The summed E-state index contributed by atoms with van der Waals surface area (Å²) in [5, 5.41) is 5.98. The molecule has 0 spiro atoms. The van der Waals surface area contributed by atoms with Crippen molar-refractivity contribution in [3.8, 4) is 0 Å². The zero-order valence-corrected chi connectivity index (χ0v) is 14.6. The first kappa shape index (κ1) is 14.7. The van der Waals surface area contributed by atoms with E-state index in [0.29, 0.717) is 21.7 Å². The fourth-order valence-electron chi connectivity index (χ4n) is 3.33. The summed E-state index contributed by atoms with van der Waals surface area (Å²) in [5.41, 5.74) is 2.77. The standard InChI is InChI=1S/C19H10Cl3NO/c20-10-2-4-12-9(5-10)1-3-13-17(16-8-24-16)14-6-11(21)7-15(22)19(14)23-18(12)13/h1-7,16H,8H2. The van der Waals surface area contributed by atoms with Gasteiger partial charge in [-0.25, -0.2) is 4.98 Å². The Morgan fingerprint density at radius 1 is 0.833 bits per heavy atom. The van der Waals surface area contributed by atoms with E-state index in [2.05, 4.69) is 12.1 Å². The Labute approximate surface area is 152 Å². The predicted octanol–water partition coefficient (Wildman–Crippen LogP) is 6.57. The molecule has 5 heteroatoms. The second-order valence-electron chi connectivity index (χ2n) is 5.96. The fraction of sp³-hybridized carbons (Fsp3) is 0.105. The molecule has 0 aliphatic carbocycles. The molecular weight excluding hydrogens is 365 g/mol. The Morgan fingerprint density at radius 2 is 1.62 bits per heavy atom. The van der Waals surface area contributed by atoms with E-state index < -0.39 is 0 Å². The molecule has 118 valence electrons. The van der Waals surface area contributed by atoms with Gasteiger partial charge < -0.3 is 4.74 Å². The predicted molar refractivity (Wildman–Crippen MR) is 100 cm³/mol. The Morgan fingerprint density at radius 3 is 2.42 bits per heavy atom. The van der Waals surface area contributed by atoms with E-state index in [1.807, 2.05) is 24.3 Å². The molecule has 0 amide bonds. The third-order valence-electron chi connectivity index (χ3n) is 4.44. The number of epoxide rings is 1. The largest absolute Gasteiger partial charge is 0.368 e. The molecule has 0 N–H and O–H groups in total. The normalized spacial score (nSPS) is 17.0. The lowest BCUT2D eigenvalue weighted by molar-refractivity contribution is 0.418. The molecule has 0 radical (unpaired) electrons. The maximum atomic E-state index is 6.43. The van der Waals surface area contributed by atoms with Crippen LogP contribution in [0, 0.1) is 0 Å². The van der Waals surface area contributed by atoms with Gasteiger partial charge in [-0.3, -0.25) is 0 Å². The smallest absolute Gasteiger partial charge is 0.107 e. The molecule has 1 aliphatic rings. The maximum absolute atomic E-state index is 6.43. The average Bonchev–Trinajstić information content (AvgIpc) is 3.37. The molecule has 1 atom stereocenters. The monoisotopic (exact) mass is 373 g/mol. The molecule has 1 aliphatic heterocycles. The highest BCUT2D eigenvalue weighted by Gasteiger charge is 2.30. The molecular formula is C19H10Cl3NO. The van der Waals surface area contributed by atoms with Crippen LogP contribution >= 0.6 is 34.8 Å². The van der Waals surface area contributed by atoms with Crippen LogP contribution in [0.1, 0.15) is 11.7 Å². The summed E-state index contributed by atoms with van der Waals surface area (Å²) in [7, 11) is 0. The molecule has 24 heavy (non-hydrogen) atoms. The fourth-order valence-corrected chi connectivity index (χ4v) is 4.04. The molecule has 2 nitrogen and oxygen atoms in total. The number of nitrogens with zero attached hydrogens (tertiary/aromatic N) is 1. The number of fused-ring (bicyclic) bond motifs is 4. The van der Waals surface area contributed by atoms with Crippen LogP contribution in [0.15, 0.2) is 42.5 Å². The van der Waals surface area contributed by atoms with Crippen LogP contribution in [0.4, 0.5) is 0 Å². The summed E-state index contributed by atoms with van der Waals surface area (Å²) in [6.07, 6.45) is 0.0669. The van der Waals surface area contributed by atoms with Gasteiger partial charge in [0.1, 0.15) is 6.10 Å². The van der Waals surface area contributed by atoms with Crippen LogP contribution in [-0.4, -0.2) is 11.6 Å². The van der Waals surface area contributed by atoms with E-state index in [1.165, 1.54) is 0 Å². The minimum atomic E-state index is 0.0669. The zero-order valence-electron chi connectivity index (χ0n) is 12.3. The third-order valence-corrected chi connectivity index (χ3v) is 5.18. The number of hydrogen-bond donors (Lipinski definition) is 0. The van der Waals surface area contributed by atoms with Gasteiger partial charge >= 0.3 is 0 Å². The Hall–Kier alpha value is -1.58. The van der Waals surface area contributed by atoms with E-state index in [-0.39, 0.29) is 6.10 Å². The van der Waals surface area contributed by atoms with Gasteiger partial charge in [0.2, 0.25) is 0 Å². The molecule has 1 fully saturated rings. The number of halogens is 3. The second kappa shape index (κ2) is 5.21. The van der Waals surface area contributed by atoms with Crippen molar-refractivity contribution in [2.24, 2.45) is 0 Å².